The zero-order valence-electron chi connectivity index (χ0n) is 60.2. The number of ketones is 1. The van der Waals surface area contributed by atoms with Crippen LogP contribution < -0.4 is 32.1 Å². The normalized spacial score (nSPS) is 15.4. The molecule has 2 saturated heterocycles. The summed E-state index contributed by atoms with van der Waals surface area (Å²) in [5, 5.41) is 16.5. The van der Waals surface area contributed by atoms with Crippen molar-refractivity contribution in [2.45, 2.75) is 227 Å². The molecule has 0 aliphatic carbocycles. The van der Waals surface area contributed by atoms with Gasteiger partial charge in [-0.25, -0.2) is 0 Å². The quantitative estimate of drug-likeness (QED) is 0.00749. The molecule has 22 nitrogen and oxygen atoms in total. The number of nitrogens with two attached hydrogens (primary N) is 2. The number of imide groups is 2. The highest BCUT2D eigenvalue weighted by Gasteiger charge is 2.47. The van der Waals surface area contributed by atoms with Gasteiger partial charge in [-0.05, 0) is 175 Å². The van der Waals surface area contributed by atoms with Crippen molar-refractivity contribution in [3.05, 3.63) is 129 Å². The molecule has 546 valence electrons. The Labute approximate surface area is 603 Å². The second-order valence-electron chi connectivity index (χ2n) is 28.1. The van der Waals surface area contributed by atoms with Crippen molar-refractivity contribution in [3.63, 3.8) is 0 Å². The van der Waals surface area contributed by atoms with Crippen LogP contribution in [-0.2, 0) is 70.1 Å². The Balaban J connectivity index is 0.000000323. The summed E-state index contributed by atoms with van der Waals surface area (Å²) in [6, 6.07) is 16.2. The van der Waals surface area contributed by atoms with Crippen LogP contribution in [0.15, 0.2) is 79.1 Å². The molecular weight excluding hydrogens is 1400 g/mol. The Morgan fingerprint density at radius 3 is 2.09 bits per heavy atom. The summed E-state index contributed by atoms with van der Waals surface area (Å²) in [6.07, 6.45) is 12.4. The van der Waals surface area contributed by atoms with Crippen LogP contribution in [-0.4, -0.2) is 128 Å². The smallest absolute Gasteiger partial charge is 0.378 e. The van der Waals surface area contributed by atoms with Crippen LogP contribution in [0.3, 0.4) is 0 Å². The van der Waals surface area contributed by atoms with Gasteiger partial charge in [-0.2, -0.15) is 18.7 Å². The topological polar surface area (TPSA) is 309 Å². The van der Waals surface area contributed by atoms with Crippen LogP contribution >= 0.6 is 24.0 Å². The van der Waals surface area contributed by atoms with Crippen molar-refractivity contribution in [1.29, 1.82) is 5.53 Å². The van der Waals surface area contributed by atoms with E-state index in [-0.39, 0.29) is 101 Å². The Hall–Kier alpha value is -7.84. The first-order valence-corrected chi connectivity index (χ1v) is 33.8. The first kappa shape index (κ1) is 84.6. The number of unbranched alkanes of at least 4 members (excludes halogenated alkanes) is 4. The standard InChI is InChI=1S/C33H35F3N2O3.C22H28N4O5.C19H36N4O2.HI.H2N2/c1-6-8-23(3)41-32(4,5)31-29(38-13-15-40-16-14-38)20-26(21-37-31)28-17-24(12-11-22(28)2)18-30(39)25-9-7-10-27(19-25)33(34,35)36;1-22(2,25-17(28)9-4-3-5-12-23)14-8-6-7-13-18(14)21(31)26(20(13)30)15-10-11-16(27)24-19(15)29;1-15(25-19(5,6)7)13-16-14-23(22-21-16)12-10-8-9-11-17(24)20-18(2,3)4;;1-2/h1,7,9-12,17,19-21,23H,8,13-16,18H2,2-5H3;6-8,15H,3-5,9-12,23H2,1-2H3,(H,25,28)(H,24,27,29);14-15H,8-13H2,1-7H3,(H,20,24);1H;1-2H/p+1. The molecule has 0 spiro atoms. The molecule has 5 heterocycles. The van der Waals surface area contributed by atoms with E-state index in [2.05, 4.69) is 76.4 Å². The van der Waals surface area contributed by atoms with Gasteiger partial charge in [-0.1, -0.05) is 66.1 Å². The summed E-state index contributed by atoms with van der Waals surface area (Å²) in [4.78, 5) is 95.1. The monoisotopic (exact) mass is 1500 g/mol. The van der Waals surface area contributed by atoms with Crippen LogP contribution in [0.1, 0.15) is 218 Å². The SMILES string of the molecule is C#CCC(C)OC(C)(C)c1ncc(-c2cc(CC(=O)c3cccc(C(F)(F)F)c3)ccc2C)cc1N1CCOCC1.CC(C)(NC(=O)CCCCCN)c1cccc2c1C(=O)N(C1CCC(=O)NC1=O)C2=O.CC(Cc1cn(CCCCCC(=O)NC(C)(C)C)nn1)OC(C)(C)C.I.N=[NH2+]. The lowest BCUT2D eigenvalue weighted by atomic mass is 9.87. The molecule has 3 aliphatic heterocycles. The molecule has 3 aromatic carbocycles. The van der Waals surface area contributed by atoms with Crippen molar-refractivity contribution < 1.29 is 66.5 Å². The number of carbonyl (C=O) groups is 7. The molecule has 100 heavy (non-hydrogen) atoms. The number of hydrogen-bond donors (Lipinski definition) is 6. The molecule has 8 N–H and O–H groups in total. The third kappa shape index (κ3) is 25.7. The van der Waals surface area contributed by atoms with E-state index in [0.29, 0.717) is 69.7 Å². The summed E-state index contributed by atoms with van der Waals surface area (Å²) in [7, 11) is 0. The number of Topliss-reactive ketones (excluding diaryl/α,β-unsaturated/α-hetero) is 1. The Bertz CT molecular complexity index is 3650. The maximum absolute atomic E-state index is 13.2. The minimum Gasteiger partial charge on any atom is -0.378 e. The van der Waals surface area contributed by atoms with Crippen LogP contribution in [0.25, 0.3) is 11.1 Å². The molecule has 3 aliphatic rings. The van der Waals surface area contributed by atoms with E-state index in [1.807, 2.05) is 77.5 Å². The molecule has 26 heteroatoms. The van der Waals surface area contributed by atoms with Crippen LogP contribution in [0.2, 0.25) is 0 Å². The number of aryl methyl sites for hydroxylation is 2. The van der Waals surface area contributed by atoms with Crippen molar-refractivity contribution in [2.75, 3.05) is 37.7 Å². The molecular formula is C74H103F3IN12O10+. The third-order valence-electron chi connectivity index (χ3n) is 16.3. The van der Waals surface area contributed by atoms with Crippen molar-refractivity contribution in [2.24, 2.45) is 5.73 Å². The second kappa shape index (κ2) is 38.3. The van der Waals surface area contributed by atoms with Gasteiger partial charge >= 0.3 is 6.18 Å². The fraction of sp³-hybridized carbons (Fsp3) is 0.541. The number of anilines is 1. The lowest BCUT2D eigenvalue weighted by Gasteiger charge is -2.35. The number of alkyl halides is 3. The molecule has 5 aromatic rings. The highest BCUT2D eigenvalue weighted by Crippen LogP contribution is 2.39. The number of aromatic nitrogens is 4. The molecule has 0 saturated carbocycles. The van der Waals surface area contributed by atoms with Crippen molar-refractivity contribution >= 4 is 70.9 Å². The molecule has 2 aromatic heterocycles. The van der Waals surface area contributed by atoms with Crippen LogP contribution in [0.4, 0.5) is 18.9 Å². The predicted molar refractivity (Wildman–Crippen MR) is 386 cm³/mol. The van der Waals surface area contributed by atoms with Gasteiger partial charge in [-0.15, -0.1) is 41.4 Å². The predicted octanol–water partition coefficient (Wildman–Crippen LogP) is 10.9. The van der Waals surface area contributed by atoms with Crippen LogP contribution in [0, 0.1) is 24.8 Å². The van der Waals surface area contributed by atoms with E-state index in [4.69, 9.17) is 36.9 Å². The number of amides is 6. The average molecular weight is 1500 g/mol. The third-order valence-corrected chi connectivity index (χ3v) is 16.3. The first-order chi connectivity index (χ1) is 46.5. The number of hydrogen-bond acceptors (Lipinski definition) is 16. The van der Waals surface area contributed by atoms with E-state index in [1.54, 1.807) is 32.2 Å². The summed E-state index contributed by atoms with van der Waals surface area (Å²) in [5.41, 5.74) is 18.8. The summed E-state index contributed by atoms with van der Waals surface area (Å²) in [5.74, 6) is 0.00673. The Morgan fingerprint density at radius 1 is 0.820 bits per heavy atom. The van der Waals surface area contributed by atoms with Gasteiger partial charge in [0.1, 0.15) is 11.6 Å². The zero-order valence-corrected chi connectivity index (χ0v) is 62.5. The number of carbonyl (C=O) groups excluding carboxylic acids is 7. The van der Waals surface area contributed by atoms with Gasteiger partial charge < -0.3 is 35.5 Å². The van der Waals surface area contributed by atoms with Gasteiger partial charge in [0, 0.05) is 87.2 Å². The fourth-order valence-corrected chi connectivity index (χ4v) is 11.9. The minimum atomic E-state index is -4.51. The van der Waals surface area contributed by atoms with Gasteiger partial charge in [0.2, 0.25) is 23.6 Å². The van der Waals surface area contributed by atoms with Gasteiger partial charge in [0.15, 0.2) is 5.78 Å². The summed E-state index contributed by atoms with van der Waals surface area (Å²) >= 11 is 0. The lowest BCUT2D eigenvalue weighted by Crippen LogP contribution is -2.54. The van der Waals surface area contributed by atoms with E-state index in [1.165, 1.54) is 18.2 Å². The van der Waals surface area contributed by atoms with E-state index >= 15 is 0 Å². The second-order valence-corrected chi connectivity index (χ2v) is 28.1. The molecule has 8 rings (SSSR count). The first-order valence-electron chi connectivity index (χ1n) is 33.8. The van der Waals surface area contributed by atoms with Gasteiger partial charge in [0.05, 0.1) is 70.3 Å². The molecule has 3 unspecified atom stereocenters. The van der Waals surface area contributed by atoms with E-state index in [0.717, 1.165) is 95.9 Å². The number of nitrogens with zero attached hydrogens (tertiary/aromatic N) is 6. The Kier molecular flexibility index (Phi) is 32.4. The Morgan fingerprint density at radius 2 is 1.47 bits per heavy atom. The molecule has 6 amide bonds. The number of rotatable bonds is 26. The number of morpholine rings is 1. The number of fused-ring (bicyclic) bond motifs is 1. The minimum absolute atomic E-state index is 0. The largest absolute Gasteiger partial charge is 0.416 e. The summed E-state index contributed by atoms with van der Waals surface area (Å²) < 4.78 is 59.2. The number of benzene rings is 3. The molecule has 0 radical (unpaired) electrons. The van der Waals surface area contributed by atoms with Crippen molar-refractivity contribution in [3.8, 4) is 23.5 Å². The highest BCUT2D eigenvalue weighted by atomic mass is 127. The molecule has 3 atom stereocenters. The summed E-state index contributed by atoms with van der Waals surface area (Å²) in [6.45, 7) is 29.7. The molecule has 2 fully saturated rings. The number of terminal acetylenes is 1. The number of halogens is 4. The number of pyridine rings is 1. The maximum Gasteiger partial charge on any atom is 0.416 e. The van der Waals surface area contributed by atoms with E-state index < -0.39 is 52.6 Å². The maximum atomic E-state index is 13.2. The number of piperidine rings is 1. The zero-order chi connectivity index (χ0) is 73.6. The van der Waals surface area contributed by atoms with Crippen LogP contribution in [0.5, 0.6) is 0 Å². The fourth-order valence-electron chi connectivity index (χ4n) is 11.9. The number of nitrogens with one attached hydrogen (secondary N) is 4. The van der Waals surface area contributed by atoms with Gasteiger partial charge in [0.25, 0.3) is 11.8 Å². The number of ether oxygens (including phenoxy) is 3. The lowest BCUT2D eigenvalue weighted by molar-refractivity contribution is -0.249. The highest BCUT2D eigenvalue weighted by molar-refractivity contribution is 14.0. The van der Waals surface area contributed by atoms with Crippen molar-refractivity contribution in [1.82, 2.24) is 40.8 Å². The average Bonchev–Trinajstić information content (AvgIpc) is 1.57. The van der Waals surface area contributed by atoms with Gasteiger partial charge in [-0.3, -0.25) is 53.4 Å². The molecule has 0 bridgehead atoms. The van der Waals surface area contributed by atoms with E-state index in [9.17, 15) is 46.7 Å².